The molecule has 1 amide bonds. The van der Waals surface area contributed by atoms with Crippen LogP contribution < -0.4 is 5.32 Å². The van der Waals surface area contributed by atoms with Crippen LogP contribution in [0.3, 0.4) is 0 Å². The first kappa shape index (κ1) is 19.3. The van der Waals surface area contributed by atoms with Gasteiger partial charge in [-0.05, 0) is 38.1 Å². The van der Waals surface area contributed by atoms with E-state index in [1.165, 1.54) is 6.92 Å². The van der Waals surface area contributed by atoms with Crippen molar-refractivity contribution >= 4 is 29.2 Å². The molecule has 3 rings (SSSR count). The molecule has 8 heteroatoms. The number of rotatable bonds is 5. The van der Waals surface area contributed by atoms with E-state index in [2.05, 4.69) is 5.32 Å². The molecule has 3 aromatic rings. The van der Waals surface area contributed by atoms with E-state index in [9.17, 15) is 14.9 Å². The zero-order valence-electron chi connectivity index (χ0n) is 15.1. The van der Waals surface area contributed by atoms with E-state index in [4.69, 9.17) is 20.8 Å². The molecule has 0 fully saturated rings. The molecule has 0 saturated carbocycles. The number of ether oxygens (including phenoxy) is 1. The van der Waals surface area contributed by atoms with Gasteiger partial charge in [0.1, 0.15) is 23.0 Å². The number of carbonyl (C=O) groups excluding carboxylic acids is 2. The van der Waals surface area contributed by atoms with E-state index in [1.807, 2.05) is 6.07 Å². The molecular weight excluding hydrogens is 382 g/mol. The molecule has 0 saturated heterocycles. The quantitative estimate of drug-likeness (QED) is 0.654. The highest BCUT2D eigenvalue weighted by atomic mass is 35.5. The molecule has 1 N–H and O–H groups in total. The highest BCUT2D eigenvalue weighted by Gasteiger charge is 2.28. The van der Waals surface area contributed by atoms with Crippen LogP contribution >= 0.6 is 11.6 Å². The number of aromatic nitrogens is 1. The van der Waals surface area contributed by atoms with E-state index in [0.717, 1.165) is 0 Å². The summed E-state index contributed by atoms with van der Waals surface area (Å²) in [6.45, 7) is 2.98. The number of hydrogen-bond acceptors (Lipinski definition) is 5. The summed E-state index contributed by atoms with van der Waals surface area (Å²) in [5.74, 6) is -0.932. The Bertz CT molecular complexity index is 1060. The highest BCUT2D eigenvalue weighted by molar-refractivity contribution is 6.33. The number of esters is 1. The summed E-state index contributed by atoms with van der Waals surface area (Å²) >= 11 is 6.01. The second kappa shape index (κ2) is 8.03. The normalized spacial score (nSPS) is 11.5. The molecule has 1 atom stereocenters. The molecule has 142 valence electrons. The number of nitrogens with one attached hydrogen (secondary N) is 1. The molecule has 0 aliphatic carbocycles. The lowest BCUT2D eigenvalue weighted by Gasteiger charge is -2.14. The maximum atomic E-state index is 12.6. The van der Waals surface area contributed by atoms with Gasteiger partial charge in [0, 0.05) is 12.4 Å². The van der Waals surface area contributed by atoms with Crippen molar-refractivity contribution in [3.8, 4) is 12.0 Å². The number of furan rings is 1. The van der Waals surface area contributed by atoms with Crippen molar-refractivity contribution in [1.82, 2.24) is 4.57 Å². The van der Waals surface area contributed by atoms with Gasteiger partial charge in [-0.15, -0.1) is 0 Å². The fourth-order valence-electron chi connectivity index (χ4n) is 2.60. The number of amides is 1. The van der Waals surface area contributed by atoms with Crippen molar-refractivity contribution in [2.45, 2.75) is 20.0 Å². The zero-order valence-corrected chi connectivity index (χ0v) is 15.9. The van der Waals surface area contributed by atoms with E-state index in [0.29, 0.717) is 10.7 Å². The average Bonchev–Trinajstić information content (AvgIpc) is 3.30. The molecule has 28 heavy (non-hydrogen) atoms. The number of para-hydroxylation sites is 1. The summed E-state index contributed by atoms with van der Waals surface area (Å²) in [6, 6.07) is 12.2. The summed E-state index contributed by atoms with van der Waals surface area (Å²) in [4.78, 5) is 24.9. The van der Waals surface area contributed by atoms with E-state index in [-0.39, 0.29) is 22.8 Å². The molecule has 1 unspecified atom stereocenters. The van der Waals surface area contributed by atoms with Crippen molar-refractivity contribution in [3.05, 3.63) is 70.7 Å². The van der Waals surface area contributed by atoms with Gasteiger partial charge in [-0.25, -0.2) is 4.79 Å². The summed E-state index contributed by atoms with van der Waals surface area (Å²) in [6.07, 6.45) is 2.27. The number of aryl methyl sites for hydroxylation is 1. The van der Waals surface area contributed by atoms with Crippen LogP contribution in [0.15, 0.2) is 53.2 Å². The van der Waals surface area contributed by atoms with Gasteiger partial charge >= 0.3 is 5.97 Å². The molecule has 1 aromatic carbocycles. The van der Waals surface area contributed by atoms with Gasteiger partial charge < -0.3 is 14.5 Å². The number of halogens is 1. The third-order valence-electron chi connectivity index (χ3n) is 4.01. The first-order valence-corrected chi connectivity index (χ1v) is 8.73. The van der Waals surface area contributed by atoms with Crippen molar-refractivity contribution in [2.24, 2.45) is 0 Å². The lowest BCUT2D eigenvalue weighted by Crippen LogP contribution is -2.30. The molecule has 2 heterocycles. The number of carbonyl (C=O) groups is 2. The zero-order chi connectivity index (χ0) is 20.3. The van der Waals surface area contributed by atoms with Gasteiger partial charge in [0.25, 0.3) is 5.91 Å². The SMILES string of the molecule is Cc1oc(-n2cccc2)c(C#N)c1C(=O)OC(C)C(=O)Nc1ccccc1Cl. The molecule has 7 nitrogen and oxygen atoms in total. The van der Waals surface area contributed by atoms with Gasteiger partial charge in [-0.1, -0.05) is 23.7 Å². The minimum atomic E-state index is -1.11. The Labute approximate surface area is 166 Å². The number of benzene rings is 1. The largest absolute Gasteiger partial charge is 0.449 e. The van der Waals surface area contributed by atoms with Crippen LogP contribution in [0.5, 0.6) is 0 Å². The summed E-state index contributed by atoms with van der Waals surface area (Å²) < 4.78 is 12.4. The van der Waals surface area contributed by atoms with E-state index >= 15 is 0 Å². The number of nitriles is 1. The van der Waals surface area contributed by atoms with Gasteiger partial charge in [0.05, 0.1) is 10.7 Å². The predicted octanol–water partition coefficient (Wildman–Crippen LogP) is 4.09. The lowest BCUT2D eigenvalue weighted by molar-refractivity contribution is -0.123. The summed E-state index contributed by atoms with van der Waals surface area (Å²) in [7, 11) is 0. The molecule has 2 aromatic heterocycles. The lowest BCUT2D eigenvalue weighted by atomic mass is 10.1. The smallest absolute Gasteiger partial charge is 0.343 e. The fraction of sp³-hybridized carbons (Fsp3) is 0.150. The van der Waals surface area contributed by atoms with Gasteiger partial charge in [0.2, 0.25) is 5.88 Å². The maximum Gasteiger partial charge on any atom is 0.343 e. The third kappa shape index (κ3) is 3.77. The Hall–Kier alpha value is -3.50. The molecule has 0 bridgehead atoms. The van der Waals surface area contributed by atoms with Crippen molar-refractivity contribution in [1.29, 1.82) is 5.26 Å². The molecule has 0 radical (unpaired) electrons. The van der Waals surface area contributed by atoms with Crippen LogP contribution in [-0.4, -0.2) is 22.5 Å². The molecular formula is C20H16ClN3O4. The average molecular weight is 398 g/mol. The van der Waals surface area contributed by atoms with Crippen LogP contribution in [0.2, 0.25) is 5.02 Å². The first-order chi connectivity index (χ1) is 13.4. The van der Waals surface area contributed by atoms with Crippen LogP contribution in [0.1, 0.15) is 28.6 Å². The van der Waals surface area contributed by atoms with Gasteiger partial charge in [-0.2, -0.15) is 5.26 Å². The molecule has 0 spiro atoms. The standard InChI is InChI=1S/C20H16ClN3O4/c1-12-17(14(11-22)19(27-12)24-9-5-6-10-24)20(26)28-13(2)18(25)23-16-8-4-3-7-15(16)21/h3-10,13H,1-2H3,(H,23,25). The fourth-order valence-corrected chi connectivity index (χ4v) is 2.78. The Morgan fingerprint density at radius 3 is 2.57 bits per heavy atom. The van der Waals surface area contributed by atoms with Gasteiger partial charge in [0.15, 0.2) is 6.10 Å². The van der Waals surface area contributed by atoms with Crippen molar-refractivity contribution in [3.63, 3.8) is 0 Å². The van der Waals surface area contributed by atoms with Crippen LogP contribution in [0.4, 0.5) is 5.69 Å². The second-order valence-electron chi connectivity index (χ2n) is 5.93. The monoisotopic (exact) mass is 397 g/mol. The van der Waals surface area contributed by atoms with E-state index < -0.39 is 18.0 Å². The Kier molecular flexibility index (Phi) is 5.52. The maximum absolute atomic E-state index is 12.6. The number of anilines is 1. The second-order valence-corrected chi connectivity index (χ2v) is 6.34. The van der Waals surface area contributed by atoms with Gasteiger partial charge in [-0.3, -0.25) is 9.36 Å². The van der Waals surface area contributed by atoms with Crippen LogP contribution in [0, 0.1) is 18.3 Å². The van der Waals surface area contributed by atoms with E-state index in [1.54, 1.807) is 60.3 Å². The topological polar surface area (TPSA) is 97.3 Å². The van der Waals surface area contributed by atoms with Crippen LogP contribution in [0.25, 0.3) is 5.88 Å². The van der Waals surface area contributed by atoms with Crippen LogP contribution in [-0.2, 0) is 9.53 Å². The highest BCUT2D eigenvalue weighted by Crippen LogP contribution is 2.27. The molecule has 0 aliphatic heterocycles. The Balaban J connectivity index is 1.79. The Morgan fingerprint density at radius 1 is 1.25 bits per heavy atom. The Morgan fingerprint density at radius 2 is 1.93 bits per heavy atom. The summed E-state index contributed by atoms with van der Waals surface area (Å²) in [5, 5.41) is 12.5. The first-order valence-electron chi connectivity index (χ1n) is 8.35. The minimum Gasteiger partial charge on any atom is -0.449 e. The third-order valence-corrected chi connectivity index (χ3v) is 4.33. The minimum absolute atomic E-state index is 0.0106. The van der Waals surface area contributed by atoms with Crippen molar-refractivity contribution in [2.75, 3.05) is 5.32 Å². The summed E-state index contributed by atoms with van der Waals surface area (Å²) in [5.41, 5.74) is 0.435. The molecule has 0 aliphatic rings. The van der Waals surface area contributed by atoms with Crippen molar-refractivity contribution < 1.29 is 18.7 Å². The predicted molar refractivity (Wildman–Crippen MR) is 102 cm³/mol. The number of hydrogen-bond donors (Lipinski definition) is 1. The number of nitrogens with zero attached hydrogens (tertiary/aromatic N) is 2.